The molecule has 21 heavy (non-hydrogen) atoms. The summed E-state index contributed by atoms with van der Waals surface area (Å²) in [6.07, 6.45) is -0.762. The van der Waals surface area contributed by atoms with Gasteiger partial charge in [0, 0.05) is 18.8 Å². The summed E-state index contributed by atoms with van der Waals surface area (Å²) in [7, 11) is 0. The maximum absolute atomic E-state index is 11.9. The molecule has 1 unspecified atom stereocenters. The van der Waals surface area contributed by atoms with Crippen molar-refractivity contribution in [2.75, 3.05) is 25.4 Å². The zero-order chi connectivity index (χ0) is 15.9. The molecule has 0 radical (unpaired) electrons. The normalized spacial score (nSPS) is 13.2. The minimum absolute atomic E-state index is 0.0752. The number of aliphatic hydroxyl groups is 1. The fraction of sp³-hybridized carbons (Fsp3) is 0.571. The molecular formula is C14H20F3NO2S. The van der Waals surface area contributed by atoms with Gasteiger partial charge in [0.2, 0.25) is 0 Å². The van der Waals surface area contributed by atoms with E-state index in [-0.39, 0.29) is 37.2 Å². The smallest absolute Gasteiger partial charge is 0.441 e. The molecule has 120 valence electrons. The minimum atomic E-state index is -4.20. The number of rotatable bonds is 8. The van der Waals surface area contributed by atoms with Crippen LogP contribution in [0.5, 0.6) is 5.75 Å². The molecule has 0 aromatic heterocycles. The van der Waals surface area contributed by atoms with E-state index in [0.717, 1.165) is 11.1 Å². The standard InChI is InChI=1S/C14H20F3NO2S/c1-10-5-11(2)7-13(6-10)20-9-12(19)8-18-3-4-21-14(15,16)17/h5-7,12,18-19H,3-4,8-9H2,1-2H3. The molecule has 0 aliphatic heterocycles. The lowest BCUT2D eigenvalue weighted by Gasteiger charge is -2.14. The summed E-state index contributed by atoms with van der Waals surface area (Å²) in [6, 6.07) is 5.75. The van der Waals surface area contributed by atoms with Crippen LogP contribution in [-0.4, -0.2) is 42.2 Å². The van der Waals surface area contributed by atoms with Gasteiger partial charge in [-0.05, 0) is 48.9 Å². The Balaban J connectivity index is 2.18. The monoisotopic (exact) mass is 323 g/mol. The number of thioether (sulfide) groups is 1. The van der Waals surface area contributed by atoms with Crippen molar-refractivity contribution in [2.24, 2.45) is 0 Å². The number of hydrogen-bond acceptors (Lipinski definition) is 4. The van der Waals surface area contributed by atoms with Crippen molar-refractivity contribution in [1.29, 1.82) is 0 Å². The van der Waals surface area contributed by atoms with E-state index in [1.54, 1.807) is 0 Å². The van der Waals surface area contributed by atoms with E-state index >= 15 is 0 Å². The van der Waals surface area contributed by atoms with E-state index in [1.165, 1.54) is 0 Å². The van der Waals surface area contributed by atoms with Gasteiger partial charge in [0.15, 0.2) is 0 Å². The summed E-state index contributed by atoms with van der Waals surface area (Å²) in [5.74, 6) is 0.605. The van der Waals surface area contributed by atoms with Crippen LogP contribution in [-0.2, 0) is 0 Å². The van der Waals surface area contributed by atoms with Crippen LogP contribution in [0.2, 0.25) is 0 Å². The molecule has 1 atom stereocenters. The topological polar surface area (TPSA) is 41.5 Å². The lowest BCUT2D eigenvalue weighted by atomic mass is 10.1. The van der Waals surface area contributed by atoms with Crippen LogP contribution in [0.4, 0.5) is 13.2 Å². The van der Waals surface area contributed by atoms with Gasteiger partial charge in [-0.2, -0.15) is 13.2 Å². The molecule has 0 spiro atoms. The van der Waals surface area contributed by atoms with Crippen LogP contribution < -0.4 is 10.1 Å². The Labute approximate surface area is 126 Å². The van der Waals surface area contributed by atoms with Crippen molar-refractivity contribution in [3.8, 4) is 5.75 Å². The predicted octanol–water partition coefficient (Wildman–Crippen LogP) is 2.89. The first-order valence-electron chi connectivity index (χ1n) is 6.57. The molecule has 0 aliphatic rings. The summed E-state index contributed by atoms with van der Waals surface area (Å²) < 4.78 is 41.1. The second-order valence-corrected chi connectivity index (χ2v) is 5.95. The summed E-state index contributed by atoms with van der Waals surface area (Å²) in [4.78, 5) is 0. The highest BCUT2D eigenvalue weighted by molar-refractivity contribution is 8.00. The van der Waals surface area contributed by atoms with Crippen LogP contribution in [0.1, 0.15) is 11.1 Å². The molecule has 1 rings (SSSR count). The van der Waals surface area contributed by atoms with Crippen molar-refractivity contribution >= 4 is 11.8 Å². The predicted molar refractivity (Wildman–Crippen MR) is 78.8 cm³/mol. The van der Waals surface area contributed by atoms with E-state index < -0.39 is 11.6 Å². The fourth-order valence-electron chi connectivity index (χ4n) is 1.78. The summed E-state index contributed by atoms with van der Waals surface area (Å²) >= 11 is -0.0767. The second kappa shape index (κ2) is 8.51. The van der Waals surface area contributed by atoms with Gasteiger partial charge in [0.25, 0.3) is 0 Å². The number of alkyl halides is 3. The molecule has 3 nitrogen and oxygen atoms in total. The Hall–Kier alpha value is -0.920. The van der Waals surface area contributed by atoms with Gasteiger partial charge in [-0.15, -0.1) is 0 Å². The molecule has 0 aliphatic carbocycles. The molecule has 0 amide bonds. The Morgan fingerprint density at radius 3 is 2.43 bits per heavy atom. The lowest BCUT2D eigenvalue weighted by molar-refractivity contribution is -0.0327. The Morgan fingerprint density at radius 2 is 1.86 bits per heavy atom. The minimum Gasteiger partial charge on any atom is -0.491 e. The molecule has 7 heteroatoms. The van der Waals surface area contributed by atoms with Gasteiger partial charge in [-0.3, -0.25) is 0 Å². The number of aliphatic hydroxyl groups excluding tert-OH is 1. The first-order chi connectivity index (χ1) is 9.76. The van der Waals surface area contributed by atoms with E-state index in [4.69, 9.17) is 4.74 Å². The van der Waals surface area contributed by atoms with Crippen molar-refractivity contribution in [1.82, 2.24) is 5.32 Å². The highest BCUT2D eigenvalue weighted by Crippen LogP contribution is 2.29. The third-order valence-corrected chi connectivity index (χ3v) is 3.30. The van der Waals surface area contributed by atoms with Gasteiger partial charge in [0.1, 0.15) is 18.5 Å². The number of benzene rings is 1. The van der Waals surface area contributed by atoms with Crippen molar-refractivity contribution in [3.63, 3.8) is 0 Å². The van der Waals surface area contributed by atoms with Gasteiger partial charge in [-0.1, -0.05) is 6.07 Å². The van der Waals surface area contributed by atoms with Crippen molar-refractivity contribution < 1.29 is 23.0 Å². The first-order valence-corrected chi connectivity index (χ1v) is 7.55. The average molecular weight is 323 g/mol. The highest BCUT2D eigenvalue weighted by Gasteiger charge is 2.27. The van der Waals surface area contributed by atoms with Crippen molar-refractivity contribution in [3.05, 3.63) is 29.3 Å². The quantitative estimate of drug-likeness (QED) is 0.722. The molecule has 0 saturated carbocycles. The molecule has 2 N–H and O–H groups in total. The Morgan fingerprint density at radius 1 is 1.24 bits per heavy atom. The van der Waals surface area contributed by atoms with Crippen LogP contribution in [0.3, 0.4) is 0 Å². The van der Waals surface area contributed by atoms with Crippen molar-refractivity contribution in [2.45, 2.75) is 25.5 Å². The lowest BCUT2D eigenvalue weighted by Crippen LogP contribution is -2.32. The molecule has 0 heterocycles. The van der Waals surface area contributed by atoms with E-state index in [1.807, 2.05) is 32.0 Å². The largest absolute Gasteiger partial charge is 0.491 e. The number of hydrogen-bond donors (Lipinski definition) is 2. The van der Waals surface area contributed by atoms with Gasteiger partial charge in [0.05, 0.1) is 0 Å². The molecule has 1 aromatic rings. The van der Waals surface area contributed by atoms with E-state index in [9.17, 15) is 18.3 Å². The average Bonchev–Trinajstić information content (AvgIpc) is 2.33. The van der Waals surface area contributed by atoms with Gasteiger partial charge < -0.3 is 15.2 Å². The highest BCUT2D eigenvalue weighted by atomic mass is 32.2. The third kappa shape index (κ3) is 8.85. The van der Waals surface area contributed by atoms with Crippen LogP contribution in [0, 0.1) is 13.8 Å². The molecule has 0 saturated heterocycles. The maximum Gasteiger partial charge on any atom is 0.441 e. The maximum atomic E-state index is 11.9. The molecule has 0 fully saturated rings. The van der Waals surface area contributed by atoms with Gasteiger partial charge >= 0.3 is 5.51 Å². The fourth-order valence-corrected chi connectivity index (χ4v) is 2.25. The summed E-state index contributed by atoms with van der Waals surface area (Å²) in [5, 5.41) is 12.5. The van der Waals surface area contributed by atoms with E-state index in [2.05, 4.69) is 5.32 Å². The summed E-state index contributed by atoms with van der Waals surface area (Å²) in [6.45, 7) is 4.39. The zero-order valence-electron chi connectivity index (χ0n) is 12.0. The number of halogens is 3. The molecular weight excluding hydrogens is 303 g/mol. The first kappa shape index (κ1) is 18.1. The Kier molecular flexibility index (Phi) is 7.34. The SMILES string of the molecule is Cc1cc(C)cc(OCC(O)CNCCSC(F)(F)F)c1. The number of ether oxygens (including phenoxy) is 1. The van der Waals surface area contributed by atoms with Crippen LogP contribution in [0.25, 0.3) is 0 Å². The number of nitrogens with one attached hydrogen (secondary N) is 1. The second-order valence-electron chi connectivity index (χ2n) is 4.79. The van der Waals surface area contributed by atoms with Gasteiger partial charge in [-0.25, -0.2) is 0 Å². The van der Waals surface area contributed by atoms with Crippen LogP contribution in [0.15, 0.2) is 18.2 Å². The molecule has 0 bridgehead atoms. The third-order valence-electron chi connectivity index (χ3n) is 2.56. The number of aryl methyl sites for hydroxylation is 2. The van der Waals surface area contributed by atoms with E-state index in [0.29, 0.717) is 5.75 Å². The zero-order valence-corrected chi connectivity index (χ0v) is 12.9. The summed E-state index contributed by atoms with van der Waals surface area (Å²) in [5.41, 5.74) is -2.06. The van der Waals surface area contributed by atoms with Crippen LogP contribution >= 0.6 is 11.8 Å². The molecule has 1 aromatic carbocycles. The Bertz CT molecular complexity index is 420.